The third-order valence-electron chi connectivity index (χ3n) is 10.7. The molecule has 0 unspecified atom stereocenters. The molecule has 2 aliphatic carbocycles. The van der Waals surface area contributed by atoms with Crippen LogP contribution >= 0.6 is 11.6 Å². The van der Waals surface area contributed by atoms with Crippen LogP contribution in [0.4, 0.5) is 0 Å². The van der Waals surface area contributed by atoms with Gasteiger partial charge >= 0.3 is 0 Å². The van der Waals surface area contributed by atoms with Crippen molar-refractivity contribution in [2.45, 2.75) is 95.9 Å². The second kappa shape index (κ2) is 14.0. The number of benzene rings is 2. The van der Waals surface area contributed by atoms with E-state index >= 15 is 0 Å². The fourth-order valence-electron chi connectivity index (χ4n) is 7.57. The van der Waals surface area contributed by atoms with Crippen molar-refractivity contribution in [2.24, 2.45) is 23.0 Å². The summed E-state index contributed by atoms with van der Waals surface area (Å²) in [5.41, 5.74) is 7.28. The molecule has 1 saturated heterocycles. The Kier molecular flexibility index (Phi) is 9.98. The maximum absolute atomic E-state index is 14.7. The smallest absolute Gasteiger partial charge is 0.287 e. The van der Waals surface area contributed by atoms with E-state index in [4.69, 9.17) is 26.8 Å². The number of aryl methyl sites for hydroxylation is 1. The first-order valence-corrected chi connectivity index (χ1v) is 18.0. The number of carbonyl (C=O) groups is 5. The molecule has 11 nitrogen and oxygen atoms in total. The van der Waals surface area contributed by atoms with Crippen LogP contribution in [-0.2, 0) is 28.7 Å². The highest BCUT2D eigenvalue weighted by molar-refractivity contribution is 6.37. The molecule has 2 saturated carbocycles. The molecule has 6 rings (SSSR count). The third-order valence-corrected chi connectivity index (χ3v) is 10.9. The van der Waals surface area contributed by atoms with Gasteiger partial charge in [0.1, 0.15) is 23.4 Å². The van der Waals surface area contributed by atoms with Gasteiger partial charge in [0, 0.05) is 18.8 Å². The highest BCUT2D eigenvalue weighted by atomic mass is 35.5. The highest BCUT2D eigenvalue weighted by Crippen LogP contribution is 2.48. The molecule has 4 amide bonds. The molecule has 6 atom stereocenters. The molecule has 1 spiro atoms. The number of nitrogens with one attached hydrogen (secondary N) is 2. The van der Waals surface area contributed by atoms with Gasteiger partial charge < -0.3 is 30.7 Å². The van der Waals surface area contributed by atoms with E-state index in [0.717, 1.165) is 35.1 Å². The molecule has 0 aromatic heterocycles. The first-order valence-electron chi connectivity index (χ1n) is 17.6. The number of Topliss-reactive ketones (excluding diaryl/α,β-unsaturated/α-hetero) is 1. The summed E-state index contributed by atoms with van der Waals surface area (Å²) in [4.78, 5) is 68.7. The van der Waals surface area contributed by atoms with E-state index in [-0.39, 0.29) is 36.6 Å². The molecule has 2 aromatic carbocycles. The first kappa shape index (κ1) is 36.4. The van der Waals surface area contributed by atoms with Gasteiger partial charge in [0.2, 0.25) is 23.5 Å². The molecule has 2 aromatic rings. The number of nitrogens with two attached hydrogens (primary N) is 1. The van der Waals surface area contributed by atoms with Gasteiger partial charge in [-0.2, -0.15) is 0 Å². The second-order valence-electron chi connectivity index (χ2n) is 15.8. The molecule has 272 valence electrons. The van der Waals surface area contributed by atoms with Crippen LogP contribution < -0.4 is 21.1 Å². The van der Waals surface area contributed by atoms with Crippen LogP contribution in [-0.4, -0.2) is 71.7 Å². The van der Waals surface area contributed by atoms with Gasteiger partial charge in [-0.1, -0.05) is 75.5 Å². The van der Waals surface area contributed by atoms with Crippen molar-refractivity contribution in [1.29, 1.82) is 0 Å². The van der Waals surface area contributed by atoms with E-state index < -0.39 is 52.6 Å². The molecule has 4 N–H and O–H groups in total. The zero-order chi connectivity index (χ0) is 36.8. The zero-order valence-electron chi connectivity index (χ0n) is 29.8. The van der Waals surface area contributed by atoms with Crippen LogP contribution in [0.3, 0.4) is 0 Å². The predicted octanol–water partition coefficient (Wildman–Crippen LogP) is 4.43. The number of halogens is 1. The minimum absolute atomic E-state index is 0.0579. The van der Waals surface area contributed by atoms with Gasteiger partial charge in [-0.3, -0.25) is 24.0 Å². The number of likely N-dealkylation sites (tertiary alicyclic amines) is 1. The lowest BCUT2D eigenvalue weighted by Crippen LogP contribution is -2.59. The van der Waals surface area contributed by atoms with Gasteiger partial charge in [0.15, 0.2) is 0 Å². The van der Waals surface area contributed by atoms with Crippen LogP contribution in [0.5, 0.6) is 5.75 Å². The molecule has 3 fully saturated rings. The van der Waals surface area contributed by atoms with Gasteiger partial charge in [-0.15, -0.1) is 0 Å². The largest absolute Gasteiger partial charge is 0.495 e. The maximum atomic E-state index is 14.7. The molecular weight excluding hydrogens is 672 g/mol. The van der Waals surface area contributed by atoms with Crippen LogP contribution in [0.1, 0.15) is 81.9 Å². The van der Waals surface area contributed by atoms with Crippen LogP contribution in [0.25, 0.3) is 5.57 Å². The summed E-state index contributed by atoms with van der Waals surface area (Å²) in [6.45, 7) is 7.57. The molecule has 2 aliphatic heterocycles. The molecule has 0 radical (unpaired) electrons. The lowest BCUT2D eigenvalue weighted by molar-refractivity contribution is -0.145. The normalized spacial score (nSPS) is 25.0. The molecular formula is C39H47ClN4O7. The van der Waals surface area contributed by atoms with Crippen LogP contribution in [0.2, 0.25) is 5.02 Å². The summed E-state index contributed by atoms with van der Waals surface area (Å²) in [6.07, 6.45) is 4.92. The molecule has 12 heteroatoms. The van der Waals surface area contributed by atoms with Crippen molar-refractivity contribution >= 4 is 46.6 Å². The van der Waals surface area contributed by atoms with E-state index in [0.29, 0.717) is 30.0 Å². The number of primary amides is 1. The second-order valence-corrected chi connectivity index (χ2v) is 16.2. The van der Waals surface area contributed by atoms with E-state index in [1.807, 2.05) is 64.1 Å². The summed E-state index contributed by atoms with van der Waals surface area (Å²) in [6, 6.07) is 10.5. The topological polar surface area (TPSA) is 157 Å². The lowest BCUT2D eigenvalue weighted by atomic mass is 9.85. The number of amides is 4. The Morgan fingerprint density at radius 1 is 1.08 bits per heavy atom. The Hall–Kier alpha value is -4.38. The third kappa shape index (κ3) is 7.78. The number of rotatable bonds is 12. The summed E-state index contributed by atoms with van der Waals surface area (Å²) >= 11 is 6.53. The SMILES string of the molecule is COc1c(C)cc(C2=CO[C@]3(C2)C[C@@H](C(=O)N[C@@H](CC2CC2)C(=O)C(N)=O)N(C(=O)[C@@H](NC(=O)[C@@H]2C[C@H]2c2ccccc2)C(C)(C)C)C3)cc1Cl. The zero-order valence-corrected chi connectivity index (χ0v) is 30.5. The van der Waals surface area contributed by atoms with Gasteiger partial charge in [-0.25, -0.2) is 0 Å². The summed E-state index contributed by atoms with van der Waals surface area (Å²) in [7, 11) is 1.56. The van der Waals surface area contributed by atoms with Crippen molar-refractivity contribution in [2.75, 3.05) is 13.7 Å². The lowest BCUT2D eigenvalue weighted by Gasteiger charge is -2.36. The minimum atomic E-state index is -1.12. The van der Waals surface area contributed by atoms with E-state index in [1.54, 1.807) is 19.4 Å². The van der Waals surface area contributed by atoms with Crippen LogP contribution in [0, 0.1) is 24.2 Å². The number of hydrogen-bond acceptors (Lipinski definition) is 7. The summed E-state index contributed by atoms with van der Waals surface area (Å²) < 4.78 is 11.8. The quantitative estimate of drug-likeness (QED) is 0.274. The van der Waals surface area contributed by atoms with Crippen molar-refractivity contribution < 1.29 is 33.4 Å². The maximum Gasteiger partial charge on any atom is 0.287 e. The van der Waals surface area contributed by atoms with E-state index in [9.17, 15) is 24.0 Å². The minimum Gasteiger partial charge on any atom is -0.495 e. The standard InChI is InChI=1S/C39H47ClN4O7/c1-21-13-24(15-28(40)32(21)50-5)25-17-39(51-19-25)18-30(36(48)42-29(14-22-11-12-22)31(45)34(41)46)44(20-39)37(49)33(38(2,3)4)43-35(47)27-16-26(27)23-9-7-6-8-10-23/h6-10,13,15,19,22,26-27,29-30,33H,11-12,14,16-18,20H2,1-5H3,(H2,41,46)(H,42,48)(H,43,47)/t26-,27+,29-,30-,33+,39+/m0/s1. The van der Waals surface area contributed by atoms with Gasteiger partial charge in [-0.05, 0) is 71.4 Å². The van der Waals surface area contributed by atoms with E-state index in [1.165, 1.54) is 4.90 Å². The molecule has 2 heterocycles. The number of carbonyl (C=O) groups excluding carboxylic acids is 5. The fraction of sp³-hybridized carbons (Fsp3) is 0.513. The number of nitrogens with zero attached hydrogens (tertiary/aromatic N) is 1. The molecule has 4 aliphatic rings. The number of ether oxygens (including phenoxy) is 2. The summed E-state index contributed by atoms with van der Waals surface area (Å²) in [5.74, 6) is -2.61. The average molecular weight is 719 g/mol. The van der Waals surface area contributed by atoms with Gasteiger partial charge in [0.25, 0.3) is 5.91 Å². The van der Waals surface area contributed by atoms with Gasteiger partial charge in [0.05, 0.1) is 31.0 Å². The average Bonchev–Trinajstić information content (AvgIpc) is 4.00. The highest BCUT2D eigenvalue weighted by Gasteiger charge is 2.55. The number of hydrogen-bond donors (Lipinski definition) is 3. The predicted molar refractivity (Wildman–Crippen MR) is 191 cm³/mol. The number of methoxy groups -OCH3 is 1. The van der Waals surface area contributed by atoms with Crippen molar-refractivity contribution in [3.05, 3.63) is 70.4 Å². The fourth-order valence-corrected chi connectivity index (χ4v) is 7.92. The Balaban J connectivity index is 1.26. The molecule has 0 bridgehead atoms. The first-order chi connectivity index (χ1) is 24.1. The van der Waals surface area contributed by atoms with Crippen molar-refractivity contribution in [3.63, 3.8) is 0 Å². The Bertz CT molecular complexity index is 1740. The Morgan fingerprint density at radius 3 is 2.39 bits per heavy atom. The monoisotopic (exact) mass is 718 g/mol. The number of ketones is 1. The summed E-state index contributed by atoms with van der Waals surface area (Å²) in [5, 5.41) is 6.26. The van der Waals surface area contributed by atoms with E-state index in [2.05, 4.69) is 10.6 Å². The van der Waals surface area contributed by atoms with Crippen LogP contribution in [0.15, 0.2) is 48.7 Å². The Labute approximate surface area is 303 Å². The van der Waals surface area contributed by atoms with Crippen molar-refractivity contribution in [3.8, 4) is 5.75 Å². The molecule has 51 heavy (non-hydrogen) atoms. The Morgan fingerprint density at radius 2 is 1.78 bits per heavy atom. The van der Waals surface area contributed by atoms with Crippen molar-refractivity contribution in [1.82, 2.24) is 15.5 Å².